The number of carbonyl (C=O) groups excluding carboxylic acids is 1. The summed E-state index contributed by atoms with van der Waals surface area (Å²) in [4.78, 5) is 14.4. The van der Waals surface area contributed by atoms with Crippen LogP contribution in [-0.4, -0.2) is 49.0 Å². The standard InChI is InChI=1S/C22H24N4O3/c1-16-2-4-17(5-3-16)20(14-26-10-12-28-13-11-26)24-21(27)18-6-8-19(9-7-18)22-25-23-15-29-22/h2-9,15,20H,10-14H2,1H3,(H,24,27)/p+1/t20-/m0/s1. The van der Waals surface area contributed by atoms with E-state index in [1.54, 1.807) is 12.1 Å². The Morgan fingerprint density at radius 2 is 1.83 bits per heavy atom. The maximum Gasteiger partial charge on any atom is 0.251 e. The predicted octanol–water partition coefficient (Wildman–Crippen LogP) is 1.43. The largest absolute Gasteiger partial charge is 0.423 e. The van der Waals surface area contributed by atoms with Gasteiger partial charge in [-0.15, -0.1) is 10.2 Å². The first-order chi connectivity index (χ1) is 14.2. The highest BCUT2D eigenvalue weighted by Crippen LogP contribution is 2.18. The summed E-state index contributed by atoms with van der Waals surface area (Å²) in [5.74, 6) is 0.339. The van der Waals surface area contributed by atoms with E-state index in [1.165, 1.54) is 16.9 Å². The molecule has 0 unspecified atom stereocenters. The van der Waals surface area contributed by atoms with Crippen molar-refractivity contribution in [2.45, 2.75) is 13.0 Å². The number of nitrogens with zero attached hydrogens (tertiary/aromatic N) is 2. The number of ether oxygens (including phenoxy) is 1. The quantitative estimate of drug-likeness (QED) is 0.662. The van der Waals surface area contributed by atoms with Gasteiger partial charge in [0.25, 0.3) is 5.91 Å². The van der Waals surface area contributed by atoms with Gasteiger partial charge in [-0.05, 0) is 36.8 Å². The molecule has 2 N–H and O–H groups in total. The van der Waals surface area contributed by atoms with Gasteiger partial charge < -0.3 is 19.4 Å². The molecule has 0 saturated carbocycles. The number of aryl methyl sites for hydroxylation is 1. The van der Waals surface area contributed by atoms with Crippen LogP contribution in [0.4, 0.5) is 0 Å². The summed E-state index contributed by atoms with van der Waals surface area (Å²) >= 11 is 0. The molecule has 29 heavy (non-hydrogen) atoms. The molecule has 4 rings (SSSR count). The van der Waals surface area contributed by atoms with Crippen molar-refractivity contribution in [1.82, 2.24) is 15.5 Å². The molecule has 2 heterocycles. The van der Waals surface area contributed by atoms with Crippen LogP contribution in [-0.2, 0) is 4.74 Å². The number of aromatic nitrogens is 2. The zero-order chi connectivity index (χ0) is 20.1. The van der Waals surface area contributed by atoms with Crippen LogP contribution in [0.2, 0.25) is 0 Å². The fraction of sp³-hybridized carbons (Fsp3) is 0.318. The Bertz CT molecular complexity index is 918. The first kappa shape index (κ1) is 19.3. The number of rotatable bonds is 6. The van der Waals surface area contributed by atoms with Crippen LogP contribution in [0.1, 0.15) is 27.5 Å². The van der Waals surface area contributed by atoms with Gasteiger partial charge in [0.2, 0.25) is 12.3 Å². The van der Waals surface area contributed by atoms with Crippen LogP contribution in [0, 0.1) is 6.92 Å². The molecule has 1 amide bonds. The van der Waals surface area contributed by atoms with Crippen molar-refractivity contribution in [1.29, 1.82) is 0 Å². The van der Waals surface area contributed by atoms with Crippen molar-refractivity contribution in [3.8, 4) is 11.5 Å². The molecule has 0 spiro atoms. The molecule has 1 fully saturated rings. The van der Waals surface area contributed by atoms with Crippen molar-refractivity contribution in [3.63, 3.8) is 0 Å². The molecule has 1 saturated heterocycles. The van der Waals surface area contributed by atoms with Crippen LogP contribution < -0.4 is 10.2 Å². The molecule has 1 aliphatic rings. The zero-order valence-electron chi connectivity index (χ0n) is 16.4. The number of hydrogen-bond donors (Lipinski definition) is 2. The molecule has 1 aliphatic heterocycles. The van der Waals surface area contributed by atoms with E-state index < -0.39 is 0 Å². The lowest BCUT2D eigenvalue weighted by Gasteiger charge is -2.28. The van der Waals surface area contributed by atoms with Crippen molar-refractivity contribution >= 4 is 5.91 Å². The first-order valence-corrected chi connectivity index (χ1v) is 9.84. The highest BCUT2D eigenvalue weighted by molar-refractivity contribution is 5.94. The third-order valence-electron chi connectivity index (χ3n) is 5.23. The number of morpholine rings is 1. The Balaban J connectivity index is 1.49. The highest BCUT2D eigenvalue weighted by atomic mass is 16.5. The SMILES string of the molecule is Cc1ccc([C@H](C[NH+]2CCOCC2)NC(=O)c2ccc(-c3nnco3)cc2)cc1. The van der Waals surface area contributed by atoms with Crippen LogP contribution in [0.3, 0.4) is 0 Å². The second-order valence-electron chi connectivity index (χ2n) is 7.32. The molecule has 1 aromatic heterocycles. The molecule has 7 heteroatoms. The van der Waals surface area contributed by atoms with E-state index in [1.807, 2.05) is 12.1 Å². The minimum absolute atomic E-state index is 0.0631. The van der Waals surface area contributed by atoms with Crippen LogP contribution >= 0.6 is 0 Å². The average molecular weight is 393 g/mol. The Kier molecular flexibility index (Phi) is 5.97. The third kappa shape index (κ3) is 4.88. The van der Waals surface area contributed by atoms with Crippen LogP contribution in [0.5, 0.6) is 0 Å². The van der Waals surface area contributed by atoms with Gasteiger partial charge >= 0.3 is 0 Å². The van der Waals surface area contributed by atoms with E-state index in [4.69, 9.17) is 9.15 Å². The summed E-state index contributed by atoms with van der Waals surface area (Å²) in [6, 6.07) is 15.5. The van der Waals surface area contributed by atoms with Crippen LogP contribution in [0.15, 0.2) is 59.3 Å². The number of nitrogens with one attached hydrogen (secondary N) is 2. The zero-order valence-corrected chi connectivity index (χ0v) is 16.4. The average Bonchev–Trinajstić information content (AvgIpc) is 3.30. The van der Waals surface area contributed by atoms with Gasteiger partial charge in [-0.2, -0.15) is 0 Å². The third-order valence-corrected chi connectivity index (χ3v) is 5.23. The molecule has 0 bridgehead atoms. The molecule has 2 aromatic carbocycles. The maximum atomic E-state index is 12.9. The summed E-state index contributed by atoms with van der Waals surface area (Å²) in [5, 5.41) is 10.8. The van der Waals surface area contributed by atoms with Gasteiger partial charge in [0, 0.05) is 11.1 Å². The van der Waals surface area contributed by atoms with Gasteiger partial charge in [-0.25, -0.2) is 0 Å². The van der Waals surface area contributed by atoms with Crippen molar-refractivity contribution < 1.29 is 18.8 Å². The van der Waals surface area contributed by atoms with E-state index in [9.17, 15) is 4.79 Å². The first-order valence-electron chi connectivity index (χ1n) is 9.84. The molecular formula is C22H25N4O3+. The Morgan fingerprint density at radius 1 is 1.10 bits per heavy atom. The Hall–Kier alpha value is -3.03. The van der Waals surface area contributed by atoms with E-state index in [2.05, 4.69) is 46.7 Å². The summed E-state index contributed by atoms with van der Waals surface area (Å²) in [6.45, 7) is 6.34. The van der Waals surface area contributed by atoms with Gasteiger partial charge in [-0.1, -0.05) is 29.8 Å². The molecule has 0 aliphatic carbocycles. The second kappa shape index (κ2) is 8.98. The summed E-state index contributed by atoms with van der Waals surface area (Å²) in [7, 11) is 0. The minimum Gasteiger partial charge on any atom is -0.423 e. The fourth-order valence-electron chi connectivity index (χ4n) is 3.51. The number of quaternary nitrogens is 1. The van der Waals surface area contributed by atoms with Gasteiger partial charge in [0.1, 0.15) is 25.7 Å². The summed E-state index contributed by atoms with van der Waals surface area (Å²) in [6.07, 6.45) is 1.29. The van der Waals surface area contributed by atoms with E-state index >= 15 is 0 Å². The lowest BCUT2D eigenvalue weighted by atomic mass is 10.0. The predicted molar refractivity (Wildman–Crippen MR) is 108 cm³/mol. The number of carbonyl (C=O) groups is 1. The molecule has 150 valence electrons. The number of amides is 1. The fourth-order valence-corrected chi connectivity index (χ4v) is 3.51. The molecule has 1 atom stereocenters. The lowest BCUT2D eigenvalue weighted by molar-refractivity contribution is -0.909. The van der Waals surface area contributed by atoms with E-state index in [0.29, 0.717) is 11.5 Å². The summed E-state index contributed by atoms with van der Waals surface area (Å²) < 4.78 is 10.7. The topological polar surface area (TPSA) is 81.7 Å². The maximum absolute atomic E-state index is 12.9. The van der Waals surface area contributed by atoms with E-state index in [0.717, 1.165) is 44.0 Å². The van der Waals surface area contributed by atoms with Gasteiger partial charge in [-0.3, -0.25) is 4.79 Å². The number of hydrogen-bond acceptors (Lipinski definition) is 5. The van der Waals surface area contributed by atoms with Crippen LogP contribution in [0.25, 0.3) is 11.5 Å². The van der Waals surface area contributed by atoms with Gasteiger partial charge in [0.15, 0.2) is 0 Å². The molecule has 7 nitrogen and oxygen atoms in total. The second-order valence-corrected chi connectivity index (χ2v) is 7.32. The van der Waals surface area contributed by atoms with Gasteiger partial charge in [0.05, 0.1) is 13.2 Å². The van der Waals surface area contributed by atoms with Crippen molar-refractivity contribution in [3.05, 3.63) is 71.6 Å². The molecule has 3 aromatic rings. The Labute approximate surface area is 169 Å². The minimum atomic E-state index is -0.0969. The smallest absolute Gasteiger partial charge is 0.251 e. The van der Waals surface area contributed by atoms with Crippen molar-refractivity contribution in [2.24, 2.45) is 0 Å². The molecule has 0 radical (unpaired) electrons. The monoisotopic (exact) mass is 393 g/mol. The number of benzene rings is 2. The Morgan fingerprint density at radius 3 is 2.48 bits per heavy atom. The highest BCUT2D eigenvalue weighted by Gasteiger charge is 2.23. The van der Waals surface area contributed by atoms with E-state index in [-0.39, 0.29) is 11.9 Å². The normalized spacial score (nSPS) is 15.8. The summed E-state index contributed by atoms with van der Waals surface area (Å²) in [5.41, 5.74) is 3.70. The lowest BCUT2D eigenvalue weighted by Crippen LogP contribution is -3.14. The van der Waals surface area contributed by atoms with Crippen molar-refractivity contribution in [2.75, 3.05) is 32.8 Å². The molecular weight excluding hydrogens is 368 g/mol.